The van der Waals surface area contributed by atoms with Gasteiger partial charge in [-0.3, -0.25) is 4.79 Å². The maximum Gasteiger partial charge on any atom is 0.224 e. The van der Waals surface area contributed by atoms with Gasteiger partial charge in [-0.2, -0.15) is 10.1 Å². The van der Waals surface area contributed by atoms with Gasteiger partial charge in [-0.1, -0.05) is 0 Å². The number of H-pyrrole nitrogens is 1. The van der Waals surface area contributed by atoms with E-state index in [1.807, 2.05) is 34.1 Å². The number of fused-ring (bicyclic) bond motifs is 3. The van der Waals surface area contributed by atoms with Crippen LogP contribution in [0.25, 0.3) is 27.7 Å². The summed E-state index contributed by atoms with van der Waals surface area (Å²) in [5.41, 5.74) is 4.07. The van der Waals surface area contributed by atoms with Crippen molar-refractivity contribution in [2.75, 3.05) is 18.4 Å². The number of amides is 1. The predicted octanol–water partition coefficient (Wildman–Crippen LogP) is 2.94. The topological polar surface area (TPSA) is 91.2 Å². The summed E-state index contributed by atoms with van der Waals surface area (Å²) in [6, 6.07) is 6.52. The summed E-state index contributed by atoms with van der Waals surface area (Å²) in [6.07, 6.45) is 9.77. The van der Waals surface area contributed by atoms with Gasteiger partial charge in [0.05, 0.1) is 5.52 Å². The van der Waals surface area contributed by atoms with Crippen molar-refractivity contribution in [1.82, 2.24) is 29.5 Å². The van der Waals surface area contributed by atoms with Crippen LogP contribution < -0.4 is 5.32 Å². The molecule has 4 aromatic rings. The number of hydrogen-bond acceptors (Lipinski definition) is 5. The van der Waals surface area contributed by atoms with Crippen molar-refractivity contribution in [1.29, 1.82) is 0 Å². The van der Waals surface area contributed by atoms with E-state index >= 15 is 0 Å². The minimum absolute atomic E-state index is 0.192. The Kier molecular flexibility index (Phi) is 3.81. The van der Waals surface area contributed by atoms with Crippen molar-refractivity contribution in [3.63, 3.8) is 0 Å². The first kappa shape index (κ1) is 17.4. The number of rotatable bonds is 3. The highest BCUT2D eigenvalue weighted by atomic mass is 16.2. The highest BCUT2D eigenvalue weighted by Gasteiger charge is 2.41. The van der Waals surface area contributed by atoms with Crippen LogP contribution in [-0.4, -0.2) is 54.5 Å². The van der Waals surface area contributed by atoms with E-state index in [2.05, 4.69) is 32.5 Å². The number of aromatic amines is 1. The first-order valence-corrected chi connectivity index (χ1v) is 10.4. The number of nitrogens with one attached hydrogen (secondary N) is 2. The Labute approximate surface area is 173 Å². The summed E-state index contributed by atoms with van der Waals surface area (Å²) in [5.74, 6) is 2.03. The van der Waals surface area contributed by atoms with Crippen molar-refractivity contribution < 1.29 is 4.79 Å². The van der Waals surface area contributed by atoms with E-state index in [-0.39, 0.29) is 5.91 Å². The lowest BCUT2D eigenvalue weighted by molar-refractivity contribution is -0.128. The minimum Gasteiger partial charge on any atom is -0.351 e. The van der Waals surface area contributed by atoms with Crippen LogP contribution in [0.2, 0.25) is 0 Å². The predicted molar refractivity (Wildman–Crippen MR) is 114 cm³/mol. The summed E-state index contributed by atoms with van der Waals surface area (Å²) in [6.45, 7) is 3.44. The molecule has 2 fully saturated rings. The third-order valence-electron chi connectivity index (χ3n) is 6.67. The van der Waals surface area contributed by atoms with Crippen LogP contribution in [0.4, 0.5) is 5.95 Å². The SMILES string of the molecule is CC(=O)N1C[C@H]2C[C@H](Nc3ncc4c(-c5ccn6nccc6c5)c[nH]c4n3)C[C@H]2C1. The first-order valence-electron chi connectivity index (χ1n) is 10.4. The normalized spacial score (nSPS) is 23.4. The summed E-state index contributed by atoms with van der Waals surface area (Å²) in [7, 11) is 0. The molecule has 0 radical (unpaired) electrons. The lowest BCUT2D eigenvalue weighted by Gasteiger charge is -2.18. The van der Waals surface area contributed by atoms with Crippen LogP contribution in [0.15, 0.2) is 43.0 Å². The van der Waals surface area contributed by atoms with E-state index in [4.69, 9.17) is 4.98 Å². The van der Waals surface area contributed by atoms with E-state index in [0.29, 0.717) is 23.8 Å². The number of carbonyl (C=O) groups excluding carboxylic acids is 1. The summed E-state index contributed by atoms with van der Waals surface area (Å²) in [4.78, 5) is 26.2. The number of nitrogens with zero attached hydrogens (tertiary/aromatic N) is 5. The maximum atomic E-state index is 11.6. The number of carbonyl (C=O) groups is 1. The third-order valence-corrected chi connectivity index (χ3v) is 6.67. The lowest BCUT2D eigenvalue weighted by Crippen LogP contribution is -2.29. The number of hydrogen-bond donors (Lipinski definition) is 2. The molecule has 2 aliphatic rings. The van der Waals surface area contributed by atoms with Gasteiger partial charge in [0.15, 0.2) is 0 Å². The highest BCUT2D eigenvalue weighted by Crippen LogP contribution is 2.39. The molecule has 1 saturated carbocycles. The number of likely N-dealkylation sites (tertiary alicyclic amines) is 1. The molecule has 0 spiro atoms. The van der Waals surface area contributed by atoms with Crippen molar-refractivity contribution >= 4 is 28.4 Å². The zero-order valence-corrected chi connectivity index (χ0v) is 16.7. The number of anilines is 1. The van der Waals surface area contributed by atoms with E-state index in [1.54, 1.807) is 13.1 Å². The van der Waals surface area contributed by atoms with E-state index in [9.17, 15) is 4.79 Å². The molecule has 0 bridgehead atoms. The van der Waals surface area contributed by atoms with Crippen LogP contribution in [0.1, 0.15) is 19.8 Å². The second kappa shape index (κ2) is 6.55. The van der Waals surface area contributed by atoms with Crippen LogP contribution in [0.5, 0.6) is 0 Å². The molecule has 8 heteroatoms. The Morgan fingerprint density at radius 2 is 2.07 bits per heavy atom. The van der Waals surface area contributed by atoms with E-state index < -0.39 is 0 Å². The second-order valence-electron chi connectivity index (χ2n) is 8.53. The van der Waals surface area contributed by atoms with Gasteiger partial charge in [0.25, 0.3) is 0 Å². The Balaban J connectivity index is 1.21. The van der Waals surface area contributed by atoms with Gasteiger partial charge < -0.3 is 15.2 Å². The fraction of sp³-hybridized carbons (Fsp3) is 0.364. The van der Waals surface area contributed by atoms with E-state index in [0.717, 1.165) is 53.6 Å². The monoisotopic (exact) mass is 401 g/mol. The molecule has 3 atom stereocenters. The second-order valence-corrected chi connectivity index (χ2v) is 8.53. The summed E-state index contributed by atoms with van der Waals surface area (Å²) >= 11 is 0. The zero-order valence-electron chi connectivity index (χ0n) is 16.7. The maximum absolute atomic E-state index is 11.6. The van der Waals surface area contributed by atoms with Crippen molar-refractivity contribution in [2.24, 2.45) is 11.8 Å². The molecule has 152 valence electrons. The first-order chi connectivity index (χ1) is 14.6. The van der Waals surface area contributed by atoms with E-state index in [1.165, 1.54) is 0 Å². The van der Waals surface area contributed by atoms with Gasteiger partial charge in [-0.25, -0.2) is 9.50 Å². The van der Waals surface area contributed by atoms with Crippen LogP contribution in [0, 0.1) is 11.8 Å². The Hall–Kier alpha value is -3.42. The summed E-state index contributed by atoms with van der Waals surface area (Å²) < 4.78 is 1.85. The minimum atomic E-state index is 0.192. The van der Waals surface area contributed by atoms with Crippen LogP contribution in [0.3, 0.4) is 0 Å². The molecule has 0 unspecified atom stereocenters. The zero-order chi connectivity index (χ0) is 20.2. The molecule has 1 amide bonds. The van der Waals surface area contributed by atoms with Gasteiger partial charge in [0, 0.05) is 61.8 Å². The van der Waals surface area contributed by atoms with Crippen LogP contribution >= 0.6 is 0 Å². The molecule has 1 saturated heterocycles. The molecular weight excluding hydrogens is 378 g/mol. The molecule has 4 aromatic heterocycles. The van der Waals surface area contributed by atoms with Gasteiger partial charge in [-0.15, -0.1) is 0 Å². The van der Waals surface area contributed by atoms with Gasteiger partial charge in [0.2, 0.25) is 11.9 Å². The average molecular weight is 401 g/mol. The fourth-order valence-electron chi connectivity index (χ4n) is 5.16. The van der Waals surface area contributed by atoms with Crippen LogP contribution in [-0.2, 0) is 4.79 Å². The van der Waals surface area contributed by atoms with Crippen molar-refractivity contribution in [2.45, 2.75) is 25.8 Å². The Bertz CT molecular complexity index is 1240. The molecule has 1 aliphatic carbocycles. The Morgan fingerprint density at radius 1 is 1.23 bits per heavy atom. The third kappa shape index (κ3) is 2.82. The van der Waals surface area contributed by atoms with Crippen molar-refractivity contribution in [3.05, 3.63) is 43.0 Å². The average Bonchev–Trinajstić information content (AvgIpc) is 3.49. The van der Waals surface area contributed by atoms with Gasteiger partial charge >= 0.3 is 0 Å². The van der Waals surface area contributed by atoms with Crippen molar-refractivity contribution in [3.8, 4) is 11.1 Å². The molecule has 8 nitrogen and oxygen atoms in total. The smallest absolute Gasteiger partial charge is 0.224 e. The molecule has 2 N–H and O–H groups in total. The fourth-order valence-corrected chi connectivity index (χ4v) is 5.16. The number of aromatic nitrogens is 5. The Morgan fingerprint density at radius 3 is 2.87 bits per heavy atom. The number of pyridine rings is 1. The lowest BCUT2D eigenvalue weighted by atomic mass is 10.0. The molecule has 0 aromatic carbocycles. The molecule has 5 heterocycles. The largest absolute Gasteiger partial charge is 0.351 e. The molecule has 30 heavy (non-hydrogen) atoms. The highest BCUT2D eigenvalue weighted by molar-refractivity contribution is 5.94. The standard InChI is InChI=1S/C22H23N7O/c1-13(30)28-11-15-6-17(7-16(15)12-28)26-22-24-10-20-19(9-23-21(20)27-22)14-3-5-29-18(8-14)2-4-25-29/h2-5,8-10,15-17H,6-7,11-12H2,1H3,(H2,23,24,26,27)/t15-,16+,17+. The van der Waals surface area contributed by atoms with Gasteiger partial charge in [-0.05, 0) is 48.4 Å². The summed E-state index contributed by atoms with van der Waals surface area (Å²) in [5, 5.41) is 8.78. The quantitative estimate of drug-likeness (QED) is 0.551. The van der Waals surface area contributed by atoms with Gasteiger partial charge in [0.1, 0.15) is 5.65 Å². The molecular formula is C22H23N7O. The molecule has 6 rings (SSSR count). The molecule has 1 aliphatic heterocycles.